The number of hydrogen-bond donors (Lipinski definition) is 1. The minimum absolute atomic E-state index is 0.174. The molecule has 0 saturated carbocycles. The number of benzene rings is 1. The summed E-state index contributed by atoms with van der Waals surface area (Å²) >= 11 is 0. The van der Waals surface area contributed by atoms with Crippen molar-refractivity contribution in [1.82, 2.24) is 4.98 Å². The summed E-state index contributed by atoms with van der Waals surface area (Å²) in [6.07, 6.45) is -1.17. The van der Waals surface area contributed by atoms with Crippen molar-refractivity contribution in [3.8, 4) is 0 Å². The quantitative estimate of drug-likeness (QED) is 0.662. The number of nitrogens with one attached hydrogen (secondary N) is 1. The van der Waals surface area contributed by atoms with Gasteiger partial charge in [-0.3, -0.25) is 9.59 Å². The van der Waals surface area contributed by atoms with Crippen molar-refractivity contribution in [2.75, 3.05) is 0 Å². The summed E-state index contributed by atoms with van der Waals surface area (Å²) in [6.45, 7) is 6.04. The second-order valence-electron chi connectivity index (χ2n) is 5.72. The van der Waals surface area contributed by atoms with E-state index in [0.29, 0.717) is 22.9 Å². The van der Waals surface area contributed by atoms with Crippen molar-refractivity contribution in [3.05, 3.63) is 57.9 Å². The average molecular weight is 349 g/mol. The van der Waals surface area contributed by atoms with Gasteiger partial charge in [0.25, 0.3) is 0 Å². The molecule has 1 heterocycles. The summed E-state index contributed by atoms with van der Waals surface area (Å²) in [4.78, 5) is 38.9. The lowest BCUT2D eigenvalue weighted by atomic mass is 10.0. The van der Waals surface area contributed by atoms with E-state index in [-0.39, 0.29) is 17.0 Å². The van der Waals surface area contributed by atoms with E-state index in [9.17, 15) is 23.2 Å². The Morgan fingerprint density at radius 1 is 1.12 bits per heavy atom. The lowest BCUT2D eigenvalue weighted by Gasteiger charge is -2.12. The number of H-pyrrole nitrogens is 1. The maximum atomic E-state index is 13.2. The van der Waals surface area contributed by atoms with E-state index >= 15 is 0 Å². The molecule has 0 amide bonds. The van der Waals surface area contributed by atoms with Crippen molar-refractivity contribution >= 4 is 17.5 Å². The largest absolute Gasteiger partial charge is 0.451 e. The Balaban J connectivity index is 2.20. The number of hydrogen-bond acceptors (Lipinski definition) is 4. The van der Waals surface area contributed by atoms with Gasteiger partial charge < -0.3 is 9.72 Å². The molecule has 132 valence electrons. The van der Waals surface area contributed by atoms with Gasteiger partial charge in [-0.1, -0.05) is 0 Å². The van der Waals surface area contributed by atoms with Gasteiger partial charge in [-0.05, 0) is 51.5 Å². The van der Waals surface area contributed by atoms with E-state index in [1.54, 1.807) is 13.8 Å². The molecule has 1 atom stereocenters. The number of aromatic nitrogens is 1. The molecule has 0 aliphatic heterocycles. The van der Waals surface area contributed by atoms with Gasteiger partial charge in [0.15, 0.2) is 23.5 Å². The number of Topliss-reactive ketones (excluding diaryl/α,β-unsaturated/α-hetero) is 2. The van der Waals surface area contributed by atoms with Gasteiger partial charge >= 0.3 is 5.97 Å². The Bertz CT molecular complexity index is 870. The van der Waals surface area contributed by atoms with Crippen LogP contribution in [0.3, 0.4) is 0 Å². The number of carbonyl (C=O) groups excluding carboxylic acids is 3. The first-order valence-corrected chi connectivity index (χ1v) is 7.53. The average Bonchev–Trinajstić information content (AvgIpc) is 2.83. The van der Waals surface area contributed by atoms with E-state index < -0.39 is 29.5 Å². The van der Waals surface area contributed by atoms with E-state index in [4.69, 9.17) is 4.74 Å². The Morgan fingerprint density at radius 3 is 2.28 bits per heavy atom. The lowest BCUT2D eigenvalue weighted by molar-refractivity contribution is 0.0316. The van der Waals surface area contributed by atoms with Crippen molar-refractivity contribution in [1.29, 1.82) is 0 Å². The maximum Gasteiger partial charge on any atom is 0.338 e. The maximum absolute atomic E-state index is 13.2. The zero-order valence-electron chi connectivity index (χ0n) is 14.2. The van der Waals surface area contributed by atoms with Crippen LogP contribution in [0, 0.1) is 25.5 Å². The second kappa shape index (κ2) is 6.96. The lowest BCUT2D eigenvalue weighted by Crippen LogP contribution is -2.25. The molecular weight excluding hydrogens is 332 g/mol. The minimum Gasteiger partial charge on any atom is -0.451 e. The zero-order chi connectivity index (χ0) is 18.9. The molecule has 1 aromatic carbocycles. The molecule has 0 spiro atoms. The van der Waals surface area contributed by atoms with E-state index in [1.807, 2.05) is 0 Å². The predicted octanol–water partition coefficient (Wildman–Crippen LogP) is 3.54. The molecule has 5 nitrogen and oxygen atoms in total. The second-order valence-corrected chi connectivity index (χ2v) is 5.72. The third-order valence-corrected chi connectivity index (χ3v) is 3.84. The topological polar surface area (TPSA) is 76.2 Å². The van der Waals surface area contributed by atoms with Crippen molar-refractivity contribution < 1.29 is 27.9 Å². The van der Waals surface area contributed by atoms with Crippen molar-refractivity contribution in [2.24, 2.45) is 0 Å². The Labute approximate surface area is 143 Å². The summed E-state index contributed by atoms with van der Waals surface area (Å²) in [6, 6.07) is 2.57. The first-order valence-electron chi connectivity index (χ1n) is 7.53. The minimum atomic E-state index is -1.18. The fraction of sp³-hybridized carbons (Fsp3) is 0.278. The Kier molecular flexibility index (Phi) is 5.15. The zero-order valence-corrected chi connectivity index (χ0v) is 14.2. The molecule has 7 heteroatoms. The summed E-state index contributed by atoms with van der Waals surface area (Å²) in [7, 11) is 0. The summed E-state index contributed by atoms with van der Waals surface area (Å²) in [5.41, 5.74) is 1.41. The van der Waals surface area contributed by atoms with Crippen molar-refractivity contribution in [2.45, 2.75) is 33.8 Å². The predicted molar refractivity (Wildman–Crippen MR) is 85.8 cm³/mol. The Hall–Kier alpha value is -2.83. The highest BCUT2D eigenvalue weighted by molar-refractivity contribution is 6.05. The molecule has 1 N–H and O–H groups in total. The molecule has 2 aromatic rings. The normalized spacial score (nSPS) is 11.9. The molecule has 2 rings (SSSR count). The van der Waals surface area contributed by atoms with Crippen LogP contribution in [0.2, 0.25) is 0 Å². The van der Waals surface area contributed by atoms with E-state index in [0.717, 1.165) is 12.1 Å². The number of ketones is 2. The molecule has 0 unspecified atom stereocenters. The number of aromatic amines is 1. The molecule has 1 aromatic heterocycles. The van der Waals surface area contributed by atoms with Crippen LogP contribution in [0.1, 0.15) is 56.3 Å². The van der Waals surface area contributed by atoms with Crippen LogP contribution in [0.5, 0.6) is 0 Å². The smallest absolute Gasteiger partial charge is 0.338 e. The fourth-order valence-corrected chi connectivity index (χ4v) is 2.63. The number of rotatable bonds is 5. The van der Waals surface area contributed by atoms with Crippen LogP contribution < -0.4 is 0 Å². The highest BCUT2D eigenvalue weighted by Gasteiger charge is 2.26. The van der Waals surface area contributed by atoms with Gasteiger partial charge in [-0.25, -0.2) is 13.6 Å². The summed E-state index contributed by atoms with van der Waals surface area (Å²) < 4.78 is 31.1. The monoisotopic (exact) mass is 349 g/mol. The van der Waals surface area contributed by atoms with Crippen LogP contribution in [-0.4, -0.2) is 28.6 Å². The number of aryl methyl sites for hydroxylation is 1. The Morgan fingerprint density at radius 2 is 1.76 bits per heavy atom. The van der Waals surface area contributed by atoms with Crippen LogP contribution in [0.25, 0.3) is 0 Å². The third-order valence-electron chi connectivity index (χ3n) is 3.84. The van der Waals surface area contributed by atoms with Gasteiger partial charge in [0.05, 0.1) is 11.3 Å². The van der Waals surface area contributed by atoms with E-state index in [2.05, 4.69) is 4.98 Å². The molecule has 0 aliphatic rings. The SMILES string of the molecule is CC(=O)c1c(C)[nH]c(C(=O)[C@@H](C)OC(=O)c2ccc(F)c(F)c2)c1C. The molecule has 25 heavy (non-hydrogen) atoms. The first kappa shape index (κ1) is 18.5. The van der Waals surface area contributed by atoms with Crippen LogP contribution in [-0.2, 0) is 4.74 Å². The number of ether oxygens (including phenoxy) is 1. The van der Waals surface area contributed by atoms with Crippen LogP contribution in [0.15, 0.2) is 18.2 Å². The van der Waals surface area contributed by atoms with Gasteiger partial charge in [0, 0.05) is 11.3 Å². The van der Waals surface area contributed by atoms with Gasteiger partial charge in [-0.2, -0.15) is 0 Å². The van der Waals surface area contributed by atoms with Gasteiger partial charge in [0.1, 0.15) is 0 Å². The molecule has 0 bridgehead atoms. The molecule has 0 fully saturated rings. The molecular formula is C18H17F2NO4. The van der Waals surface area contributed by atoms with Gasteiger partial charge in [0.2, 0.25) is 5.78 Å². The molecule has 0 radical (unpaired) electrons. The number of carbonyl (C=O) groups is 3. The molecule has 0 saturated heterocycles. The van der Waals surface area contributed by atoms with Crippen molar-refractivity contribution in [3.63, 3.8) is 0 Å². The van der Waals surface area contributed by atoms with E-state index in [1.165, 1.54) is 13.8 Å². The fourth-order valence-electron chi connectivity index (χ4n) is 2.63. The van der Waals surface area contributed by atoms with Crippen LogP contribution >= 0.6 is 0 Å². The number of halogens is 2. The number of esters is 1. The highest BCUT2D eigenvalue weighted by atomic mass is 19.2. The highest BCUT2D eigenvalue weighted by Crippen LogP contribution is 2.21. The van der Waals surface area contributed by atoms with Crippen LogP contribution in [0.4, 0.5) is 8.78 Å². The first-order chi connectivity index (χ1) is 11.6. The third kappa shape index (κ3) is 3.65. The summed E-state index contributed by atoms with van der Waals surface area (Å²) in [5.74, 6) is -3.93. The molecule has 0 aliphatic carbocycles. The standard InChI is InChI=1S/C18H17F2NO4/c1-8-15(10(3)22)9(2)21-16(8)17(23)11(4)25-18(24)12-5-6-13(19)14(20)7-12/h5-7,11,21H,1-4H3/t11-/m1/s1. The summed E-state index contributed by atoms with van der Waals surface area (Å²) in [5, 5.41) is 0. The van der Waals surface area contributed by atoms with Gasteiger partial charge in [-0.15, -0.1) is 0 Å².